The van der Waals surface area contributed by atoms with Crippen LogP contribution in [0.3, 0.4) is 0 Å². The SMILES string of the molecule is C#CCCC(=O)NCc1ccc(-c2ccn[nH]2)cc1. The molecule has 0 saturated carbocycles. The molecule has 0 bridgehead atoms. The van der Waals surface area contributed by atoms with Crippen LogP contribution < -0.4 is 5.32 Å². The molecule has 0 radical (unpaired) electrons. The van der Waals surface area contributed by atoms with Gasteiger partial charge in [-0.15, -0.1) is 12.3 Å². The molecular weight excluding hydrogens is 238 g/mol. The number of nitrogens with zero attached hydrogens (tertiary/aromatic N) is 1. The second-order valence-electron chi connectivity index (χ2n) is 4.15. The number of aromatic nitrogens is 2. The average molecular weight is 253 g/mol. The van der Waals surface area contributed by atoms with Gasteiger partial charge in [-0.1, -0.05) is 24.3 Å². The number of benzene rings is 1. The summed E-state index contributed by atoms with van der Waals surface area (Å²) in [5.74, 6) is 2.43. The van der Waals surface area contributed by atoms with E-state index in [9.17, 15) is 4.79 Å². The number of terminal acetylenes is 1. The first kappa shape index (κ1) is 12.9. The minimum atomic E-state index is -0.0180. The molecule has 4 heteroatoms. The summed E-state index contributed by atoms with van der Waals surface area (Å²) in [5.41, 5.74) is 3.10. The van der Waals surface area contributed by atoms with Gasteiger partial charge in [0, 0.05) is 25.6 Å². The molecule has 1 heterocycles. The number of aromatic amines is 1. The molecule has 1 aromatic carbocycles. The van der Waals surface area contributed by atoms with Crippen LogP contribution in [0.4, 0.5) is 0 Å². The van der Waals surface area contributed by atoms with Gasteiger partial charge in [-0.25, -0.2) is 0 Å². The van der Waals surface area contributed by atoms with E-state index in [2.05, 4.69) is 21.4 Å². The molecule has 4 nitrogen and oxygen atoms in total. The first-order valence-corrected chi connectivity index (χ1v) is 6.08. The van der Waals surface area contributed by atoms with Crippen molar-refractivity contribution in [2.75, 3.05) is 0 Å². The largest absolute Gasteiger partial charge is 0.352 e. The van der Waals surface area contributed by atoms with Crippen LogP contribution in [-0.4, -0.2) is 16.1 Å². The molecule has 1 aromatic heterocycles. The molecule has 96 valence electrons. The fourth-order valence-corrected chi connectivity index (χ4v) is 1.69. The third-order valence-corrected chi connectivity index (χ3v) is 2.75. The summed E-state index contributed by atoms with van der Waals surface area (Å²) in [4.78, 5) is 11.4. The van der Waals surface area contributed by atoms with Gasteiger partial charge in [0.15, 0.2) is 0 Å². The molecule has 1 amide bonds. The number of carbonyl (C=O) groups excluding carboxylic acids is 1. The molecule has 0 spiro atoms. The number of amides is 1. The Morgan fingerprint density at radius 3 is 2.74 bits per heavy atom. The molecule has 0 aliphatic carbocycles. The highest BCUT2D eigenvalue weighted by Gasteiger charge is 2.01. The van der Waals surface area contributed by atoms with Gasteiger partial charge in [-0.3, -0.25) is 9.89 Å². The highest BCUT2D eigenvalue weighted by Crippen LogP contribution is 2.16. The normalized spacial score (nSPS) is 9.84. The summed E-state index contributed by atoms with van der Waals surface area (Å²) in [6.07, 6.45) is 7.68. The lowest BCUT2D eigenvalue weighted by molar-refractivity contribution is -0.121. The van der Waals surface area contributed by atoms with E-state index in [0.29, 0.717) is 19.4 Å². The standard InChI is InChI=1S/C15H15N3O/c1-2-3-4-15(19)16-11-12-5-7-13(8-6-12)14-9-10-17-18-14/h1,5-10H,3-4,11H2,(H,16,19)(H,17,18). The van der Waals surface area contributed by atoms with Crippen molar-refractivity contribution in [2.45, 2.75) is 19.4 Å². The smallest absolute Gasteiger partial charge is 0.221 e. The number of hydrogen-bond acceptors (Lipinski definition) is 2. The summed E-state index contributed by atoms with van der Waals surface area (Å²) in [6, 6.07) is 9.87. The molecule has 0 aliphatic rings. The van der Waals surface area contributed by atoms with E-state index < -0.39 is 0 Å². The van der Waals surface area contributed by atoms with Crippen LogP contribution in [-0.2, 0) is 11.3 Å². The number of nitrogens with one attached hydrogen (secondary N) is 2. The summed E-state index contributed by atoms with van der Waals surface area (Å²) < 4.78 is 0. The maximum absolute atomic E-state index is 11.4. The van der Waals surface area contributed by atoms with Gasteiger partial charge in [0.1, 0.15) is 0 Å². The summed E-state index contributed by atoms with van der Waals surface area (Å²) in [7, 11) is 0. The van der Waals surface area contributed by atoms with Crippen molar-refractivity contribution in [3.63, 3.8) is 0 Å². The topological polar surface area (TPSA) is 57.8 Å². The van der Waals surface area contributed by atoms with E-state index in [-0.39, 0.29) is 5.91 Å². The van der Waals surface area contributed by atoms with Crippen LogP contribution in [0.15, 0.2) is 36.5 Å². The van der Waals surface area contributed by atoms with Crippen molar-refractivity contribution < 1.29 is 4.79 Å². The second-order valence-corrected chi connectivity index (χ2v) is 4.15. The predicted molar refractivity (Wildman–Crippen MR) is 73.9 cm³/mol. The Morgan fingerprint density at radius 1 is 1.32 bits per heavy atom. The van der Waals surface area contributed by atoms with Crippen molar-refractivity contribution in [1.29, 1.82) is 0 Å². The molecule has 0 aliphatic heterocycles. The van der Waals surface area contributed by atoms with E-state index in [1.165, 1.54) is 0 Å². The molecule has 0 unspecified atom stereocenters. The number of hydrogen-bond donors (Lipinski definition) is 2. The van der Waals surface area contributed by atoms with Crippen LogP contribution in [0.1, 0.15) is 18.4 Å². The Bertz CT molecular complexity index is 564. The third kappa shape index (κ3) is 3.71. The van der Waals surface area contributed by atoms with Crippen LogP contribution in [0.25, 0.3) is 11.3 Å². The van der Waals surface area contributed by atoms with Crippen molar-refractivity contribution in [3.8, 4) is 23.6 Å². The van der Waals surface area contributed by atoms with Crippen molar-refractivity contribution in [2.24, 2.45) is 0 Å². The zero-order valence-electron chi connectivity index (χ0n) is 10.5. The molecule has 0 saturated heterocycles. The van der Waals surface area contributed by atoms with Crippen LogP contribution in [0, 0.1) is 12.3 Å². The average Bonchev–Trinajstić information content (AvgIpc) is 2.97. The van der Waals surface area contributed by atoms with Crippen molar-refractivity contribution in [3.05, 3.63) is 42.1 Å². The Hall–Kier alpha value is -2.54. The van der Waals surface area contributed by atoms with Gasteiger partial charge >= 0.3 is 0 Å². The molecule has 2 N–H and O–H groups in total. The Kier molecular flexibility index (Phi) is 4.35. The highest BCUT2D eigenvalue weighted by molar-refractivity contribution is 5.76. The van der Waals surface area contributed by atoms with Gasteiger partial charge in [0.05, 0.1) is 5.69 Å². The summed E-state index contributed by atoms with van der Waals surface area (Å²) in [6.45, 7) is 0.520. The lowest BCUT2D eigenvalue weighted by atomic mass is 10.1. The molecule has 19 heavy (non-hydrogen) atoms. The number of rotatable bonds is 5. The summed E-state index contributed by atoms with van der Waals surface area (Å²) in [5, 5.41) is 9.65. The fourth-order valence-electron chi connectivity index (χ4n) is 1.69. The van der Waals surface area contributed by atoms with E-state index in [0.717, 1.165) is 16.8 Å². The van der Waals surface area contributed by atoms with E-state index in [1.54, 1.807) is 6.20 Å². The van der Waals surface area contributed by atoms with Crippen molar-refractivity contribution in [1.82, 2.24) is 15.5 Å². The zero-order chi connectivity index (χ0) is 13.5. The quantitative estimate of drug-likeness (QED) is 0.802. The zero-order valence-corrected chi connectivity index (χ0v) is 10.5. The van der Waals surface area contributed by atoms with E-state index in [1.807, 2.05) is 30.3 Å². The van der Waals surface area contributed by atoms with Crippen LogP contribution in [0.2, 0.25) is 0 Å². The second kappa shape index (κ2) is 6.41. The number of carbonyl (C=O) groups is 1. The Labute approximate surface area is 112 Å². The minimum Gasteiger partial charge on any atom is -0.352 e. The molecule has 2 aromatic rings. The lowest BCUT2D eigenvalue weighted by Gasteiger charge is -2.05. The minimum absolute atomic E-state index is 0.0180. The summed E-state index contributed by atoms with van der Waals surface area (Å²) >= 11 is 0. The number of H-pyrrole nitrogens is 1. The van der Waals surface area contributed by atoms with Gasteiger partial charge in [-0.2, -0.15) is 5.10 Å². The third-order valence-electron chi connectivity index (χ3n) is 2.75. The van der Waals surface area contributed by atoms with E-state index >= 15 is 0 Å². The van der Waals surface area contributed by atoms with Crippen LogP contribution in [0.5, 0.6) is 0 Å². The molecule has 2 rings (SSSR count). The van der Waals surface area contributed by atoms with Crippen LogP contribution >= 0.6 is 0 Å². The molecular formula is C15H15N3O. The van der Waals surface area contributed by atoms with Gasteiger partial charge in [0.25, 0.3) is 0 Å². The highest BCUT2D eigenvalue weighted by atomic mass is 16.1. The first-order chi connectivity index (χ1) is 9.29. The first-order valence-electron chi connectivity index (χ1n) is 6.08. The Balaban J connectivity index is 1.89. The monoisotopic (exact) mass is 253 g/mol. The maximum atomic E-state index is 11.4. The van der Waals surface area contributed by atoms with Gasteiger partial charge < -0.3 is 5.32 Å². The van der Waals surface area contributed by atoms with Gasteiger partial charge in [0.2, 0.25) is 5.91 Å². The molecule has 0 atom stereocenters. The van der Waals surface area contributed by atoms with Gasteiger partial charge in [-0.05, 0) is 17.2 Å². The van der Waals surface area contributed by atoms with Crippen molar-refractivity contribution >= 4 is 5.91 Å². The Morgan fingerprint density at radius 2 is 2.11 bits per heavy atom. The fraction of sp³-hybridized carbons (Fsp3) is 0.200. The predicted octanol–water partition coefficient (Wildman–Crippen LogP) is 2.11. The maximum Gasteiger partial charge on any atom is 0.221 e. The molecule has 0 fully saturated rings. The lowest BCUT2D eigenvalue weighted by Crippen LogP contribution is -2.22. The van der Waals surface area contributed by atoms with E-state index in [4.69, 9.17) is 6.42 Å².